The van der Waals surface area contributed by atoms with Gasteiger partial charge in [0.15, 0.2) is 5.78 Å². The fourth-order valence-corrected chi connectivity index (χ4v) is 5.08. The largest absolute Gasteiger partial charge is 0.480 e. The first kappa shape index (κ1) is 18.0. The molecule has 1 aliphatic heterocycles. The van der Waals surface area contributed by atoms with Crippen molar-refractivity contribution in [3.8, 4) is 0 Å². The molecular weight excluding hydrogens is 338 g/mol. The summed E-state index contributed by atoms with van der Waals surface area (Å²) in [6.45, 7) is 1.37. The molecule has 1 aromatic carbocycles. The maximum atomic E-state index is 12.9. The number of hydrogen-bond acceptors (Lipinski definition) is 4. The topological polar surface area (TPSA) is 83.5 Å². The number of carboxylic acid groups (broad SMARTS) is 1. The molecule has 0 bridgehead atoms. The number of thioether (sulfide) groups is 1. The number of rotatable bonds is 4. The molecule has 1 amide bonds. The molecule has 0 radical (unpaired) electrons. The molecule has 25 heavy (non-hydrogen) atoms. The van der Waals surface area contributed by atoms with Gasteiger partial charge in [0, 0.05) is 22.1 Å². The third-order valence-corrected chi connectivity index (χ3v) is 6.52. The van der Waals surface area contributed by atoms with Crippen molar-refractivity contribution in [2.24, 2.45) is 11.8 Å². The number of Topliss-reactive ketones (excluding diaryl/α,β-unsaturated/α-hetero) is 1. The zero-order valence-electron chi connectivity index (χ0n) is 14.3. The number of aliphatic carboxylic acids is 1. The summed E-state index contributed by atoms with van der Waals surface area (Å²) in [5.74, 6) is -0.0349. The summed E-state index contributed by atoms with van der Waals surface area (Å²) in [5.41, 5.74) is 1.59. The van der Waals surface area contributed by atoms with E-state index in [-0.39, 0.29) is 24.2 Å². The molecule has 3 atom stereocenters. The van der Waals surface area contributed by atoms with Gasteiger partial charge >= 0.3 is 5.97 Å². The van der Waals surface area contributed by atoms with E-state index in [2.05, 4.69) is 5.32 Å². The highest BCUT2D eigenvalue weighted by Gasteiger charge is 2.35. The van der Waals surface area contributed by atoms with Crippen LogP contribution in [0.15, 0.2) is 23.1 Å². The highest BCUT2D eigenvalue weighted by Crippen LogP contribution is 2.42. The molecule has 0 spiro atoms. The van der Waals surface area contributed by atoms with E-state index in [0.29, 0.717) is 5.92 Å². The molecule has 1 unspecified atom stereocenters. The summed E-state index contributed by atoms with van der Waals surface area (Å²) in [4.78, 5) is 36.6. The average Bonchev–Trinajstić information content (AvgIpc) is 2.76. The van der Waals surface area contributed by atoms with E-state index < -0.39 is 11.9 Å². The molecular formula is C19H23NO4S. The second-order valence-corrected chi connectivity index (χ2v) is 7.98. The Morgan fingerprint density at radius 2 is 2.08 bits per heavy atom. The zero-order chi connectivity index (χ0) is 18.0. The highest BCUT2D eigenvalue weighted by atomic mass is 32.2. The van der Waals surface area contributed by atoms with Gasteiger partial charge in [-0.25, -0.2) is 0 Å². The Kier molecular flexibility index (Phi) is 5.47. The highest BCUT2D eigenvalue weighted by molar-refractivity contribution is 7.99. The number of fused-ring (bicyclic) bond motifs is 2. The Labute approximate surface area is 151 Å². The maximum absolute atomic E-state index is 12.9. The lowest BCUT2D eigenvalue weighted by atomic mass is 9.76. The Morgan fingerprint density at radius 1 is 1.32 bits per heavy atom. The Hall–Kier alpha value is -1.82. The smallest absolute Gasteiger partial charge is 0.322 e. The second kappa shape index (κ2) is 7.60. The van der Waals surface area contributed by atoms with Crippen LogP contribution in [-0.2, 0) is 9.59 Å². The summed E-state index contributed by atoms with van der Waals surface area (Å²) in [6, 6.07) is 5.60. The number of nitrogens with one attached hydrogen (secondary N) is 1. The van der Waals surface area contributed by atoms with Crippen LogP contribution in [0.25, 0.3) is 0 Å². The van der Waals surface area contributed by atoms with E-state index in [4.69, 9.17) is 5.11 Å². The maximum Gasteiger partial charge on any atom is 0.322 e. The van der Waals surface area contributed by atoms with Crippen LogP contribution in [0.2, 0.25) is 0 Å². The predicted molar refractivity (Wildman–Crippen MR) is 96.0 cm³/mol. The number of hydrogen-bond donors (Lipinski definition) is 2. The molecule has 0 aromatic heterocycles. The van der Waals surface area contributed by atoms with Gasteiger partial charge in [0.05, 0.1) is 5.92 Å². The standard InChI is InChI=1S/C19H23NO4S/c1-11(19(24)20-9-17(21)22)12-6-7-15-16(8-12)25-10-13-4-2-3-5-14(13)18(15)23/h6-8,11,13-14H,2-5,9-10H2,1H3,(H,20,24)(H,21,22)/t11?,13-,14+/m1/s1. The summed E-state index contributed by atoms with van der Waals surface area (Å²) >= 11 is 1.71. The predicted octanol–water partition coefficient (Wildman–Crippen LogP) is 3.09. The minimum atomic E-state index is -1.06. The van der Waals surface area contributed by atoms with Crippen LogP contribution < -0.4 is 5.32 Å². The molecule has 0 saturated heterocycles. The Balaban J connectivity index is 1.80. The quantitative estimate of drug-likeness (QED) is 0.861. The van der Waals surface area contributed by atoms with Crippen molar-refractivity contribution in [3.63, 3.8) is 0 Å². The van der Waals surface area contributed by atoms with E-state index in [1.54, 1.807) is 18.7 Å². The van der Waals surface area contributed by atoms with Gasteiger partial charge in [0.1, 0.15) is 6.54 Å². The van der Waals surface area contributed by atoms with Crippen molar-refractivity contribution in [1.29, 1.82) is 0 Å². The van der Waals surface area contributed by atoms with Crippen LogP contribution in [0, 0.1) is 11.8 Å². The van der Waals surface area contributed by atoms with Crippen molar-refractivity contribution in [1.82, 2.24) is 5.32 Å². The summed E-state index contributed by atoms with van der Waals surface area (Å²) in [5, 5.41) is 11.1. The normalized spacial score (nSPS) is 23.8. The molecule has 1 aliphatic carbocycles. The average molecular weight is 361 g/mol. The van der Waals surface area contributed by atoms with Crippen molar-refractivity contribution in [2.45, 2.75) is 43.4 Å². The van der Waals surface area contributed by atoms with Crippen molar-refractivity contribution in [3.05, 3.63) is 29.3 Å². The number of ketones is 1. The lowest BCUT2D eigenvalue weighted by Gasteiger charge is -2.28. The molecule has 2 aliphatic rings. The van der Waals surface area contributed by atoms with Crippen LogP contribution in [0.4, 0.5) is 0 Å². The third kappa shape index (κ3) is 3.89. The van der Waals surface area contributed by atoms with Crippen LogP contribution in [-0.4, -0.2) is 35.1 Å². The lowest BCUT2D eigenvalue weighted by molar-refractivity contribution is -0.138. The molecule has 6 heteroatoms. The van der Waals surface area contributed by atoms with E-state index >= 15 is 0 Å². The summed E-state index contributed by atoms with van der Waals surface area (Å²) in [6.07, 6.45) is 4.45. The molecule has 1 fully saturated rings. The summed E-state index contributed by atoms with van der Waals surface area (Å²) < 4.78 is 0. The monoisotopic (exact) mass is 361 g/mol. The van der Waals surface area contributed by atoms with Gasteiger partial charge in [-0.05, 0) is 43.4 Å². The van der Waals surface area contributed by atoms with Crippen molar-refractivity contribution < 1.29 is 19.5 Å². The van der Waals surface area contributed by atoms with E-state index in [0.717, 1.165) is 41.0 Å². The molecule has 1 aromatic rings. The first-order chi connectivity index (χ1) is 12.0. The number of amides is 1. The zero-order valence-corrected chi connectivity index (χ0v) is 15.1. The first-order valence-electron chi connectivity index (χ1n) is 8.78. The van der Waals surface area contributed by atoms with E-state index in [1.807, 2.05) is 18.2 Å². The third-order valence-electron chi connectivity index (χ3n) is 5.28. The van der Waals surface area contributed by atoms with Gasteiger partial charge in [-0.1, -0.05) is 18.9 Å². The van der Waals surface area contributed by atoms with Gasteiger partial charge in [-0.3, -0.25) is 14.4 Å². The van der Waals surface area contributed by atoms with Crippen LogP contribution in [0.3, 0.4) is 0 Å². The summed E-state index contributed by atoms with van der Waals surface area (Å²) in [7, 11) is 0. The number of benzene rings is 1. The van der Waals surface area contributed by atoms with Gasteiger partial charge in [-0.15, -0.1) is 11.8 Å². The van der Waals surface area contributed by atoms with Crippen LogP contribution in [0.5, 0.6) is 0 Å². The van der Waals surface area contributed by atoms with Crippen LogP contribution >= 0.6 is 11.8 Å². The molecule has 1 heterocycles. The van der Waals surface area contributed by atoms with Crippen LogP contribution in [0.1, 0.15) is 54.4 Å². The van der Waals surface area contributed by atoms with Gasteiger partial charge < -0.3 is 10.4 Å². The Bertz CT molecular complexity index is 703. The first-order valence-corrected chi connectivity index (χ1v) is 9.76. The molecule has 134 valence electrons. The molecule has 5 nitrogen and oxygen atoms in total. The number of carboxylic acids is 1. The van der Waals surface area contributed by atoms with Crippen molar-refractivity contribution in [2.75, 3.05) is 12.3 Å². The second-order valence-electron chi connectivity index (χ2n) is 6.92. The fourth-order valence-electron chi connectivity index (χ4n) is 3.75. The van der Waals surface area contributed by atoms with Crippen molar-refractivity contribution >= 4 is 29.4 Å². The molecule has 2 N–H and O–H groups in total. The van der Waals surface area contributed by atoms with Gasteiger partial charge in [-0.2, -0.15) is 0 Å². The SMILES string of the molecule is CC(C(=O)NCC(=O)O)c1ccc2c(c1)SC[C@H]1CCCC[C@@H]1C2=O. The van der Waals surface area contributed by atoms with E-state index in [1.165, 1.54) is 6.42 Å². The molecule has 1 saturated carbocycles. The minimum absolute atomic E-state index is 0.143. The lowest BCUT2D eigenvalue weighted by Crippen LogP contribution is -2.32. The number of carbonyl (C=O) groups is 3. The Morgan fingerprint density at radius 3 is 2.84 bits per heavy atom. The van der Waals surface area contributed by atoms with E-state index in [9.17, 15) is 14.4 Å². The fraction of sp³-hybridized carbons (Fsp3) is 0.526. The van der Waals surface area contributed by atoms with Gasteiger partial charge in [0.25, 0.3) is 0 Å². The van der Waals surface area contributed by atoms with Gasteiger partial charge in [0.2, 0.25) is 5.91 Å². The number of carbonyl (C=O) groups excluding carboxylic acids is 2. The minimum Gasteiger partial charge on any atom is -0.480 e. The molecule has 3 rings (SSSR count).